The molecule has 0 radical (unpaired) electrons. The first kappa shape index (κ1) is 15.3. The normalized spacial score (nSPS) is 12.0. The molecule has 21 heavy (non-hydrogen) atoms. The number of pyridine rings is 1. The Hall–Kier alpha value is -2.14. The summed E-state index contributed by atoms with van der Waals surface area (Å²) in [5.74, 6) is 1.04. The summed E-state index contributed by atoms with van der Waals surface area (Å²) in [6.07, 6.45) is 2.85. The van der Waals surface area contributed by atoms with Crippen molar-refractivity contribution in [1.29, 1.82) is 0 Å². The number of hydrogen-bond donors (Lipinski definition) is 1. The Bertz CT molecular complexity index is 605. The Morgan fingerprint density at radius 3 is 2.62 bits per heavy atom. The molecule has 1 aromatic carbocycles. The summed E-state index contributed by atoms with van der Waals surface area (Å²) >= 11 is 0. The second-order valence-corrected chi connectivity index (χ2v) is 4.54. The Balaban J connectivity index is 2.47. The van der Waals surface area contributed by atoms with Crippen LogP contribution in [0.15, 0.2) is 36.7 Å². The van der Waals surface area contributed by atoms with Gasteiger partial charge >= 0.3 is 0 Å². The number of rotatable bonds is 6. The van der Waals surface area contributed by atoms with E-state index in [1.54, 1.807) is 20.4 Å². The zero-order valence-electron chi connectivity index (χ0n) is 12.4. The molecule has 0 amide bonds. The van der Waals surface area contributed by atoms with E-state index in [4.69, 9.17) is 9.47 Å². The van der Waals surface area contributed by atoms with Crippen molar-refractivity contribution in [2.45, 2.75) is 13.0 Å². The lowest BCUT2D eigenvalue weighted by atomic mass is 9.99. The van der Waals surface area contributed by atoms with Gasteiger partial charge in [-0.25, -0.2) is 4.39 Å². The summed E-state index contributed by atoms with van der Waals surface area (Å²) in [6.45, 7) is 2.73. The van der Waals surface area contributed by atoms with Crippen LogP contribution in [0.1, 0.15) is 24.1 Å². The Labute approximate surface area is 123 Å². The first-order chi connectivity index (χ1) is 10.2. The number of methoxy groups -OCH3 is 2. The number of nitrogens with one attached hydrogen (secondary N) is 1. The minimum absolute atomic E-state index is 0.195. The highest BCUT2D eigenvalue weighted by Gasteiger charge is 2.19. The van der Waals surface area contributed by atoms with Gasteiger partial charge in [-0.15, -0.1) is 0 Å². The van der Waals surface area contributed by atoms with Gasteiger partial charge in [-0.05, 0) is 30.3 Å². The molecule has 0 aliphatic carbocycles. The summed E-state index contributed by atoms with van der Waals surface area (Å²) in [7, 11) is 3.21. The highest BCUT2D eigenvalue weighted by Crippen LogP contribution is 2.32. The maximum Gasteiger partial charge on any atom is 0.141 e. The van der Waals surface area contributed by atoms with Crippen LogP contribution in [0.3, 0.4) is 0 Å². The van der Waals surface area contributed by atoms with Crippen LogP contribution in [0.25, 0.3) is 0 Å². The van der Waals surface area contributed by atoms with Crippen molar-refractivity contribution in [3.05, 3.63) is 53.6 Å². The quantitative estimate of drug-likeness (QED) is 0.888. The molecule has 0 aliphatic rings. The van der Waals surface area contributed by atoms with E-state index in [0.29, 0.717) is 11.5 Å². The monoisotopic (exact) mass is 290 g/mol. The van der Waals surface area contributed by atoms with Crippen LogP contribution in [0.4, 0.5) is 4.39 Å². The average Bonchev–Trinajstić information content (AvgIpc) is 2.52. The third kappa shape index (κ3) is 3.49. The van der Waals surface area contributed by atoms with Crippen LogP contribution in [0.5, 0.6) is 11.5 Å². The van der Waals surface area contributed by atoms with E-state index in [1.165, 1.54) is 12.3 Å². The molecule has 1 heterocycles. The van der Waals surface area contributed by atoms with E-state index < -0.39 is 0 Å². The lowest BCUT2D eigenvalue weighted by Crippen LogP contribution is -2.22. The number of halogens is 1. The van der Waals surface area contributed by atoms with Gasteiger partial charge in [0, 0.05) is 17.8 Å². The van der Waals surface area contributed by atoms with E-state index in [-0.39, 0.29) is 11.9 Å². The molecule has 112 valence electrons. The number of ether oxygens (including phenoxy) is 2. The van der Waals surface area contributed by atoms with Crippen molar-refractivity contribution < 1.29 is 13.9 Å². The fourth-order valence-electron chi connectivity index (χ4n) is 2.25. The molecule has 0 fully saturated rings. The van der Waals surface area contributed by atoms with Crippen molar-refractivity contribution in [2.75, 3.05) is 20.8 Å². The lowest BCUT2D eigenvalue weighted by Gasteiger charge is -2.21. The fraction of sp³-hybridized carbons (Fsp3) is 0.312. The molecule has 0 saturated carbocycles. The SMILES string of the molecule is CCNC(c1cncc(F)c1)c1ccc(OC)cc1OC. The highest BCUT2D eigenvalue weighted by molar-refractivity contribution is 5.45. The predicted octanol–water partition coefficient (Wildman–Crippen LogP) is 2.94. The van der Waals surface area contributed by atoms with Crippen molar-refractivity contribution in [2.24, 2.45) is 0 Å². The first-order valence-electron chi connectivity index (χ1n) is 6.75. The van der Waals surface area contributed by atoms with Crippen molar-refractivity contribution in [3.63, 3.8) is 0 Å². The summed E-state index contributed by atoms with van der Waals surface area (Å²) in [5, 5.41) is 3.33. The highest BCUT2D eigenvalue weighted by atomic mass is 19.1. The zero-order valence-corrected chi connectivity index (χ0v) is 12.4. The minimum Gasteiger partial charge on any atom is -0.497 e. The maximum atomic E-state index is 13.4. The molecule has 0 spiro atoms. The predicted molar refractivity (Wildman–Crippen MR) is 79.3 cm³/mol. The molecule has 2 aromatic rings. The molecule has 0 saturated heterocycles. The van der Waals surface area contributed by atoms with Gasteiger partial charge in [-0.2, -0.15) is 0 Å². The molecule has 1 atom stereocenters. The van der Waals surface area contributed by atoms with Gasteiger partial charge in [-0.3, -0.25) is 4.98 Å². The molecule has 4 nitrogen and oxygen atoms in total. The second-order valence-electron chi connectivity index (χ2n) is 4.54. The van der Waals surface area contributed by atoms with E-state index in [9.17, 15) is 4.39 Å². The summed E-state index contributed by atoms with van der Waals surface area (Å²) in [4.78, 5) is 3.92. The molecular formula is C16H19FN2O2. The smallest absolute Gasteiger partial charge is 0.141 e. The van der Waals surface area contributed by atoms with E-state index >= 15 is 0 Å². The van der Waals surface area contributed by atoms with Gasteiger partial charge in [0.1, 0.15) is 17.3 Å². The van der Waals surface area contributed by atoms with Gasteiger partial charge in [0.2, 0.25) is 0 Å². The summed E-state index contributed by atoms with van der Waals surface area (Å²) in [5.41, 5.74) is 1.66. The van der Waals surface area contributed by atoms with Gasteiger partial charge < -0.3 is 14.8 Å². The summed E-state index contributed by atoms with van der Waals surface area (Å²) < 4.78 is 24.1. The summed E-state index contributed by atoms with van der Waals surface area (Å²) in [6, 6.07) is 6.86. The molecule has 0 bridgehead atoms. The number of nitrogens with zero attached hydrogens (tertiary/aromatic N) is 1. The third-order valence-electron chi connectivity index (χ3n) is 3.22. The van der Waals surface area contributed by atoms with E-state index in [2.05, 4.69) is 10.3 Å². The minimum atomic E-state index is -0.358. The zero-order chi connectivity index (χ0) is 15.2. The Morgan fingerprint density at radius 1 is 1.19 bits per heavy atom. The Kier molecular flexibility index (Phi) is 5.11. The van der Waals surface area contributed by atoms with Gasteiger partial charge in [0.25, 0.3) is 0 Å². The number of aromatic nitrogens is 1. The largest absolute Gasteiger partial charge is 0.497 e. The maximum absolute atomic E-state index is 13.4. The van der Waals surface area contributed by atoms with Crippen LogP contribution in [-0.4, -0.2) is 25.7 Å². The molecule has 1 unspecified atom stereocenters. The molecule has 1 N–H and O–H groups in total. The number of hydrogen-bond acceptors (Lipinski definition) is 4. The molecular weight excluding hydrogens is 271 g/mol. The van der Waals surface area contributed by atoms with Crippen LogP contribution in [-0.2, 0) is 0 Å². The van der Waals surface area contributed by atoms with Crippen LogP contribution in [0, 0.1) is 5.82 Å². The van der Waals surface area contributed by atoms with Crippen molar-refractivity contribution >= 4 is 0 Å². The second kappa shape index (κ2) is 7.04. The third-order valence-corrected chi connectivity index (χ3v) is 3.22. The molecule has 5 heteroatoms. The fourth-order valence-corrected chi connectivity index (χ4v) is 2.25. The molecule has 1 aromatic heterocycles. The van der Waals surface area contributed by atoms with Crippen LogP contribution < -0.4 is 14.8 Å². The Morgan fingerprint density at radius 2 is 2.00 bits per heavy atom. The molecule has 2 rings (SSSR count). The van der Waals surface area contributed by atoms with Gasteiger partial charge in [-0.1, -0.05) is 6.92 Å². The molecule has 0 aliphatic heterocycles. The van der Waals surface area contributed by atoms with Gasteiger partial charge in [0.15, 0.2) is 0 Å². The lowest BCUT2D eigenvalue weighted by molar-refractivity contribution is 0.387. The van der Waals surface area contributed by atoms with Crippen molar-refractivity contribution in [3.8, 4) is 11.5 Å². The average molecular weight is 290 g/mol. The topological polar surface area (TPSA) is 43.4 Å². The van der Waals surface area contributed by atoms with Crippen LogP contribution in [0.2, 0.25) is 0 Å². The first-order valence-corrected chi connectivity index (χ1v) is 6.75. The standard InChI is InChI=1S/C16H19FN2O2/c1-4-19-16(11-7-12(17)10-18-9-11)14-6-5-13(20-2)8-15(14)21-3/h5-10,16,19H,4H2,1-3H3. The van der Waals surface area contributed by atoms with Crippen molar-refractivity contribution in [1.82, 2.24) is 10.3 Å². The van der Waals surface area contributed by atoms with E-state index in [1.807, 2.05) is 25.1 Å². The van der Waals surface area contributed by atoms with Crippen LogP contribution >= 0.6 is 0 Å². The number of benzene rings is 1. The van der Waals surface area contributed by atoms with E-state index in [0.717, 1.165) is 17.7 Å². The van der Waals surface area contributed by atoms with Gasteiger partial charge in [0.05, 0.1) is 26.5 Å².